The van der Waals surface area contributed by atoms with Crippen LogP contribution in [0.15, 0.2) is 72.8 Å². The summed E-state index contributed by atoms with van der Waals surface area (Å²) in [4.78, 5) is 14.2. The molecule has 1 aliphatic heterocycles. The Morgan fingerprint density at radius 2 is 1.32 bits per heavy atom. The Morgan fingerprint density at radius 1 is 0.645 bits per heavy atom. The summed E-state index contributed by atoms with van der Waals surface area (Å²) < 4.78 is 0. The minimum atomic E-state index is 0.504. The fourth-order valence-electron chi connectivity index (χ4n) is 4.45. The van der Waals surface area contributed by atoms with E-state index in [1.54, 1.807) is 0 Å². The maximum absolute atomic E-state index is 3.63. The number of allylic oxidation sites excluding steroid dienone is 4. The molecular formula is C27H24N4. The van der Waals surface area contributed by atoms with Crippen molar-refractivity contribution >= 4 is 23.8 Å². The first-order valence-corrected chi connectivity index (χ1v) is 10.8. The zero-order chi connectivity index (χ0) is 20.6. The van der Waals surface area contributed by atoms with Crippen molar-refractivity contribution in [3.8, 4) is 0 Å². The summed E-state index contributed by atoms with van der Waals surface area (Å²) in [7, 11) is 0. The zero-order valence-electron chi connectivity index (χ0n) is 17.2. The van der Waals surface area contributed by atoms with Gasteiger partial charge in [-0.25, -0.2) is 0 Å². The molecular weight excluding hydrogens is 380 g/mol. The standard InChI is InChI=1S/C27H24N4/c1-2-4-18(5-3-1)14-25-26-12-10-23(30-26)16-21-8-6-19(28-21)15-20-7-9-22(29-20)17-24-11-13-27(25)31-24/h1-4,6-13,15-18,28-31H,5,14H2. The van der Waals surface area contributed by atoms with Crippen LogP contribution in [-0.2, 0) is 0 Å². The molecule has 1 aliphatic carbocycles. The highest BCUT2D eigenvalue weighted by atomic mass is 14.8. The van der Waals surface area contributed by atoms with Gasteiger partial charge in [-0.15, -0.1) is 0 Å². The Balaban J connectivity index is 1.56. The number of hydrogen-bond donors (Lipinski definition) is 4. The summed E-state index contributed by atoms with van der Waals surface area (Å²) in [6, 6.07) is 17.1. The molecule has 4 nitrogen and oxygen atoms in total. The maximum Gasteiger partial charge on any atom is 0.0438 e. The van der Waals surface area contributed by atoms with Gasteiger partial charge in [-0.3, -0.25) is 0 Å². The molecule has 0 saturated heterocycles. The molecule has 6 rings (SSSR count). The first-order valence-electron chi connectivity index (χ1n) is 10.8. The van der Waals surface area contributed by atoms with Crippen LogP contribution in [0.25, 0.3) is 23.8 Å². The molecule has 0 aromatic carbocycles. The largest absolute Gasteiger partial charge is 0.355 e. The summed E-state index contributed by atoms with van der Waals surface area (Å²) in [6.07, 6.45) is 17.4. The van der Waals surface area contributed by atoms with Gasteiger partial charge in [-0.2, -0.15) is 0 Å². The maximum atomic E-state index is 3.63. The average molecular weight is 405 g/mol. The van der Waals surface area contributed by atoms with E-state index >= 15 is 0 Å². The van der Waals surface area contributed by atoms with Crippen molar-refractivity contribution in [1.29, 1.82) is 0 Å². The van der Waals surface area contributed by atoms with Gasteiger partial charge in [0.05, 0.1) is 0 Å². The number of aromatic amines is 4. The van der Waals surface area contributed by atoms with E-state index < -0.39 is 0 Å². The van der Waals surface area contributed by atoms with Crippen molar-refractivity contribution < 1.29 is 0 Å². The first-order chi connectivity index (χ1) is 15.3. The van der Waals surface area contributed by atoms with Gasteiger partial charge in [0, 0.05) is 44.2 Å². The summed E-state index contributed by atoms with van der Waals surface area (Å²) >= 11 is 0. The Labute approximate surface area is 179 Å². The predicted molar refractivity (Wildman–Crippen MR) is 126 cm³/mol. The van der Waals surface area contributed by atoms with E-state index in [1.165, 1.54) is 5.57 Å². The van der Waals surface area contributed by atoms with Crippen LogP contribution < -0.4 is 21.4 Å². The van der Waals surface area contributed by atoms with Crippen LogP contribution in [0.5, 0.6) is 0 Å². The van der Waals surface area contributed by atoms with Gasteiger partial charge < -0.3 is 19.9 Å². The Kier molecular flexibility index (Phi) is 4.27. The molecule has 0 radical (unpaired) electrons. The third-order valence-corrected chi connectivity index (χ3v) is 6.00. The third-order valence-electron chi connectivity index (χ3n) is 6.00. The van der Waals surface area contributed by atoms with Gasteiger partial charge in [-0.05, 0) is 91.1 Å². The smallest absolute Gasteiger partial charge is 0.0438 e. The van der Waals surface area contributed by atoms with Gasteiger partial charge >= 0.3 is 0 Å². The van der Waals surface area contributed by atoms with Crippen molar-refractivity contribution in [2.45, 2.75) is 12.8 Å². The minimum Gasteiger partial charge on any atom is -0.355 e. The van der Waals surface area contributed by atoms with E-state index in [0.29, 0.717) is 5.92 Å². The van der Waals surface area contributed by atoms with Crippen molar-refractivity contribution in [3.05, 3.63) is 117 Å². The van der Waals surface area contributed by atoms with Gasteiger partial charge in [0.25, 0.3) is 0 Å². The molecule has 5 heterocycles. The van der Waals surface area contributed by atoms with E-state index in [2.05, 4.69) is 111 Å². The number of rotatable bonds is 2. The number of H-pyrrole nitrogens is 4. The molecule has 8 bridgehead atoms. The van der Waals surface area contributed by atoms with Crippen LogP contribution in [0, 0.1) is 5.92 Å². The van der Waals surface area contributed by atoms with Crippen LogP contribution in [0.2, 0.25) is 0 Å². The fraction of sp³-hybridized carbons (Fsp3) is 0.111. The number of hydrogen-bond acceptors (Lipinski definition) is 0. The monoisotopic (exact) mass is 404 g/mol. The molecule has 0 saturated carbocycles. The molecule has 4 aromatic rings. The summed E-state index contributed by atoms with van der Waals surface area (Å²) in [6.45, 7) is 0. The molecule has 31 heavy (non-hydrogen) atoms. The second kappa shape index (κ2) is 7.40. The molecule has 4 N–H and O–H groups in total. The van der Waals surface area contributed by atoms with Gasteiger partial charge in [0.15, 0.2) is 0 Å². The topological polar surface area (TPSA) is 63.2 Å². The first kappa shape index (κ1) is 17.9. The second-order valence-electron chi connectivity index (χ2n) is 8.32. The molecule has 1 atom stereocenters. The second-order valence-corrected chi connectivity index (χ2v) is 8.32. The molecule has 0 amide bonds. The molecule has 0 fully saturated rings. The molecule has 152 valence electrons. The van der Waals surface area contributed by atoms with Crippen molar-refractivity contribution in [2.24, 2.45) is 5.92 Å². The number of nitrogens with one attached hydrogen (secondary N) is 4. The molecule has 4 heteroatoms. The molecule has 2 aliphatic rings. The Bertz CT molecular complexity index is 1540. The lowest BCUT2D eigenvalue weighted by molar-refractivity contribution is 0.675. The van der Waals surface area contributed by atoms with Gasteiger partial charge in [0.2, 0.25) is 0 Å². The summed E-state index contributed by atoms with van der Waals surface area (Å²) in [5.74, 6) is 0.504. The Morgan fingerprint density at radius 3 is 2.06 bits per heavy atom. The van der Waals surface area contributed by atoms with Crippen LogP contribution in [0.4, 0.5) is 0 Å². The third kappa shape index (κ3) is 3.68. The van der Waals surface area contributed by atoms with E-state index in [1.807, 2.05) is 0 Å². The SMILES string of the molecule is C1=CCC(CC2=c3ccc([nH]3)=Cc3ccc([nH]3)C=c3ccc([nH]3)=Cc3ccc2[nH]3)C=C1. The highest BCUT2D eigenvalue weighted by molar-refractivity contribution is 5.65. The highest BCUT2D eigenvalue weighted by Gasteiger charge is 2.13. The van der Waals surface area contributed by atoms with Crippen molar-refractivity contribution in [3.63, 3.8) is 0 Å². The van der Waals surface area contributed by atoms with Crippen LogP contribution in [0.1, 0.15) is 35.6 Å². The Hall–Kier alpha value is -3.92. The van der Waals surface area contributed by atoms with Crippen LogP contribution in [0.3, 0.4) is 0 Å². The van der Waals surface area contributed by atoms with Crippen LogP contribution in [-0.4, -0.2) is 19.9 Å². The predicted octanol–water partition coefficient (Wildman–Crippen LogP) is 2.52. The zero-order valence-corrected chi connectivity index (χ0v) is 17.2. The summed E-state index contributed by atoms with van der Waals surface area (Å²) in [5.41, 5.74) is 5.71. The minimum absolute atomic E-state index is 0.504. The lowest BCUT2D eigenvalue weighted by Crippen LogP contribution is -2.16. The average Bonchev–Trinajstić information content (AvgIpc) is 3.57. The lowest BCUT2D eigenvalue weighted by Gasteiger charge is -2.14. The fourth-order valence-corrected chi connectivity index (χ4v) is 4.45. The quantitative estimate of drug-likeness (QED) is 0.397. The molecule has 1 unspecified atom stereocenters. The van der Waals surface area contributed by atoms with Crippen LogP contribution >= 0.6 is 0 Å². The normalized spacial score (nSPS) is 17.2. The lowest BCUT2D eigenvalue weighted by atomic mass is 9.91. The van der Waals surface area contributed by atoms with E-state index in [0.717, 1.165) is 57.0 Å². The molecule has 4 aromatic heterocycles. The number of fused-ring (bicyclic) bond motifs is 8. The van der Waals surface area contributed by atoms with E-state index in [4.69, 9.17) is 0 Å². The van der Waals surface area contributed by atoms with Gasteiger partial charge in [-0.1, -0.05) is 24.3 Å². The number of aromatic nitrogens is 4. The van der Waals surface area contributed by atoms with Gasteiger partial charge in [0.1, 0.15) is 0 Å². The highest BCUT2D eigenvalue weighted by Crippen LogP contribution is 2.25. The van der Waals surface area contributed by atoms with Crippen molar-refractivity contribution in [2.75, 3.05) is 0 Å². The van der Waals surface area contributed by atoms with E-state index in [9.17, 15) is 0 Å². The van der Waals surface area contributed by atoms with Crippen molar-refractivity contribution in [1.82, 2.24) is 19.9 Å². The van der Waals surface area contributed by atoms with E-state index in [-0.39, 0.29) is 0 Å². The molecule has 0 spiro atoms. The summed E-state index contributed by atoms with van der Waals surface area (Å²) in [5, 5.41) is 4.40.